The fraction of sp³-hybridized carbons (Fsp3) is 1.00. The van der Waals surface area contributed by atoms with Crippen LogP contribution in [0.1, 0.15) is 34.1 Å². The van der Waals surface area contributed by atoms with Crippen molar-refractivity contribution in [3.05, 3.63) is 0 Å². The molecule has 0 aromatic heterocycles. The van der Waals surface area contributed by atoms with E-state index in [1.165, 1.54) is 26.1 Å². The van der Waals surface area contributed by atoms with Gasteiger partial charge in [0.2, 0.25) is 0 Å². The van der Waals surface area contributed by atoms with E-state index in [2.05, 4.69) is 46.5 Å². The first-order valence-electron chi connectivity index (χ1n) is 7.27. The van der Waals surface area contributed by atoms with Gasteiger partial charge >= 0.3 is 0 Å². The van der Waals surface area contributed by atoms with E-state index in [-0.39, 0.29) is 0 Å². The van der Waals surface area contributed by atoms with Gasteiger partial charge in [-0.1, -0.05) is 40.5 Å². The molecule has 1 saturated heterocycles. The van der Waals surface area contributed by atoms with Crippen LogP contribution in [0.2, 0.25) is 0 Å². The molecule has 1 rings (SSSR count). The van der Waals surface area contributed by atoms with Crippen LogP contribution in [-0.4, -0.2) is 61.8 Å². The van der Waals surface area contributed by atoms with Gasteiger partial charge in [0.15, 0.2) is 0 Å². The highest BCUT2D eigenvalue weighted by Gasteiger charge is 2.15. The van der Waals surface area contributed by atoms with Gasteiger partial charge in [-0.3, -0.25) is 9.62 Å². The molecule has 1 fully saturated rings. The van der Waals surface area contributed by atoms with Crippen LogP contribution in [0, 0.1) is 0 Å². The first kappa shape index (κ1) is 18.2. The molecule has 1 aliphatic heterocycles. The average Bonchev–Trinajstić information content (AvgIpc) is 2.39. The van der Waals surface area contributed by atoms with E-state index in [0.29, 0.717) is 6.04 Å². The standard InChI is InChI=1S/C11H26N4S.C2H6/c1-11(2)12-4-3-5-14-6-8-15(9-7-14)10-13-16;1-2/h11-13,16H,3-10H2,1-2H3;1-2H3. The van der Waals surface area contributed by atoms with Crippen molar-refractivity contribution in [2.45, 2.75) is 40.2 Å². The van der Waals surface area contributed by atoms with E-state index >= 15 is 0 Å². The molecule has 0 amide bonds. The fourth-order valence-electron chi connectivity index (χ4n) is 1.96. The number of hydrogen-bond donors (Lipinski definition) is 3. The zero-order chi connectivity index (χ0) is 13.8. The molecule has 0 atom stereocenters. The van der Waals surface area contributed by atoms with Crippen molar-refractivity contribution in [3.8, 4) is 0 Å². The van der Waals surface area contributed by atoms with Gasteiger partial charge in [-0.2, -0.15) is 0 Å². The van der Waals surface area contributed by atoms with Crippen LogP contribution in [-0.2, 0) is 0 Å². The second-order valence-corrected chi connectivity index (χ2v) is 5.05. The monoisotopic (exact) mass is 276 g/mol. The summed E-state index contributed by atoms with van der Waals surface area (Å²) in [5, 5.41) is 3.46. The van der Waals surface area contributed by atoms with Crippen molar-refractivity contribution in [2.24, 2.45) is 0 Å². The Morgan fingerprint density at radius 1 is 1.06 bits per heavy atom. The van der Waals surface area contributed by atoms with Crippen LogP contribution >= 0.6 is 12.8 Å². The minimum Gasteiger partial charge on any atom is -0.314 e. The molecule has 0 radical (unpaired) electrons. The minimum absolute atomic E-state index is 0.610. The lowest BCUT2D eigenvalue weighted by Gasteiger charge is -2.34. The molecule has 110 valence electrons. The smallest absolute Gasteiger partial charge is 0.0575 e. The topological polar surface area (TPSA) is 30.5 Å². The SMILES string of the molecule is CC.CC(C)NCCCN1CCN(CNS)CC1. The van der Waals surface area contributed by atoms with E-state index in [1.807, 2.05) is 13.8 Å². The van der Waals surface area contributed by atoms with Crippen LogP contribution in [0.5, 0.6) is 0 Å². The third kappa shape index (κ3) is 9.16. The molecule has 0 bridgehead atoms. The van der Waals surface area contributed by atoms with Gasteiger partial charge < -0.3 is 10.2 Å². The summed E-state index contributed by atoms with van der Waals surface area (Å²) in [4.78, 5) is 4.95. The van der Waals surface area contributed by atoms with Crippen molar-refractivity contribution >= 4 is 12.8 Å². The zero-order valence-electron chi connectivity index (χ0n) is 12.6. The minimum atomic E-state index is 0.610. The Hall–Kier alpha value is 0.190. The summed E-state index contributed by atoms with van der Waals surface area (Å²) >= 11 is 4.03. The first-order chi connectivity index (χ1) is 8.72. The molecule has 18 heavy (non-hydrogen) atoms. The van der Waals surface area contributed by atoms with Gasteiger partial charge in [0.05, 0.1) is 6.67 Å². The molecule has 0 unspecified atom stereocenters. The molecule has 0 saturated carbocycles. The molecule has 0 aromatic carbocycles. The Labute approximate surface area is 119 Å². The summed E-state index contributed by atoms with van der Waals surface area (Å²) in [6, 6.07) is 0.610. The Morgan fingerprint density at radius 2 is 1.61 bits per heavy atom. The second kappa shape index (κ2) is 12.2. The van der Waals surface area contributed by atoms with Crippen LogP contribution in [0.4, 0.5) is 0 Å². The number of piperazine rings is 1. The Kier molecular flexibility index (Phi) is 12.4. The van der Waals surface area contributed by atoms with E-state index in [0.717, 1.165) is 26.3 Å². The molecule has 4 nitrogen and oxygen atoms in total. The summed E-state index contributed by atoms with van der Waals surface area (Å²) in [5.41, 5.74) is 0. The van der Waals surface area contributed by atoms with E-state index < -0.39 is 0 Å². The molecule has 0 aromatic rings. The summed E-state index contributed by atoms with van der Waals surface area (Å²) < 4.78 is 2.91. The van der Waals surface area contributed by atoms with Gasteiger partial charge in [0.25, 0.3) is 0 Å². The molecule has 0 aliphatic carbocycles. The molecule has 1 aliphatic rings. The highest BCUT2D eigenvalue weighted by atomic mass is 32.1. The van der Waals surface area contributed by atoms with Crippen molar-refractivity contribution in [1.82, 2.24) is 19.8 Å². The van der Waals surface area contributed by atoms with Gasteiger partial charge in [-0.05, 0) is 19.5 Å². The molecule has 5 heteroatoms. The van der Waals surface area contributed by atoms with E-state index in [1.54, 1.807) is 0 Å². The van der Waals surface area contributed by atoms with Crippen LogP contribution in [0.3, 0.4) is 0 Å². The molecule has 0 spiro atoms. The van der Waals surface area contributed by atoms with E-state index in [4.69, 9.17) is 0 Å². The average molecular weight is 276 g/mol. The normalized spacial score (nSPS) is 17.7. The number of thiol groups is 1. The Bertz CT molecular complexity index is 170. The van der Waals surface area contributed by atoms with Crippen LogP contribution in [0.25, 0.3) is 0 Å². The lowest BCUT2D eigenvalue weighted by atomic mass is 10.3. The Balaban J connectivity index is 0.00000137. The van der Waals surface area contributed by atoms with Crippen molar-refractivity contribution < 1.29 is 0 Å². The third-order valence-electron chi connectivity index (χ3n) is 2.96. The molecule has 1 heterocycles. The predicted molar refractivity (Wildman–Crippen MR) is 84.1 cm³/mol. The number of nitrogens with one attached hydrogen (secondary N) is 2. The van der Waals surface area contributed by atoms with Gasteiger partial charge in [-0.25, -0.2) is 0 Å². The van der Waals surface area contributed by atoms with Crippen LogP contribution in [0.15, 0.2) is 0 Å². The third-order valence-corrected chi connectivity index (χ3v) is 3.10. The maximum Gasteiger partial charge on any atom is 0.0575 e. The van der Waals surface area contributed by atoms with Crippen molar-refractivity contribution in [2.75, 3.05) is 45.9 Å². The number of nitrogens with zero attached hydrogens (tertiary/aromatic N) is 2. The number of rotatable bonds is 7. The summed E-state index contributed by atoms with van der Waals surface area (Å²) in [6.07, 6.45) is 1.25. The summed E-state index contributed by atoms with van der Waals surface area (Å²) in [5.74, 6) is 0. The predicted octanol–water partition coefficient (Wildman–Crippen LogP) is 1.41. The van der Waals surface area contributed by atoms with Gasteiger partial charge in [-0.15, -0.1) is 0 Å². The highest BCUT2D eigenvalue weighted by molar-refractivity contribution is 7.78. The lowest BCUT2D eigenvalue weighted by molar-refractivity contribution is 0.131. The van der Waals surface area contributed by atoms with Crippen LogP contribution < -0.4 is 10.0 Å². The second-order valence-electron chi connectivity index (χ2n) is 4.74. The quantitative estimate of drug-likeness (QED) is 0.485. The summed E-state index contributed by atoms with van der Waals surface area (Å²) in [7, 11) is 0. The van der Waals surface area contributed by atoms with Crippen molar-refractivity contribution in [1.29, 1.82) is 0 Å². The zero-order valence-corrected chi connectivity index (χ0v) is 13.5. The highest BCUT2D eigenvalue weighted by Crippen LogP contribution is 2.01. The van der Waals surface area contributed by atoms with Gasteiger partial charge in [0.1, 0.15) is 0 Å². The van der Waals surface area contributed by atoms with Gasteiger partial charge in [0, 0.05) is 32.2 Å². The molecule has 2 N–H and O–H groups in total. The largest absolute Gasteiger partial charge is 0.314 e. The maximum absolute atomic E-state index is 4.03. The number of hydrogen-bond acceptors (Lipinski definition) is 5. The summed E-state index contributed by atoms with van der Waals surface area (Å²) in [6.45, 7) is 16.3. The molecular formula is C13H32N4S. The maximum atomic E-state index is 4.03. The van der Waals surface area contributed by atoms with E-state index in [9.17, 15) is 0 Å². The lowest BCUT2D eigenvalue weighted by Crippen LogP contribution is -2.48. The Morgan fingerprint density at radius 3 is 2.11 bits per heavy atom. The fourth-order valence-corrected chi connectivity index (χ4v) is 2.16. The van der Waals surface area contributed by atoms with Crippen molar-refractivity contribution in [3.63, 3.8) is 0 Å². The first-order valence-corrected chi connectivity index (χ1v) is 7.72. The molecular weight excluding hydrogens is 244 g/mol.